The fourth-order valence-corrected chi connectivity index (χ4v) is 5.04. The third kappa shape index (κ3) is 4.10. The zero-order valence-corrected chi connectivity index (χ0v) is 19.8. The predicted octanol–water partition coefficient (Wildman–Crippen LogP) is 5.99. The van der Waals surface area contributed by atoms with Crippen LogP contribution in [0, 0.1) is 0 Å². The molecular weight excluding hydrogens is 442 g/mol. The monoisotopic (exact) mass is 467 g/mol. The highest BCUT2D eigenvalue weighted by molar-refractivity contribution is 7.99. The molecule has 0 radical (unpaired) electrons. The Bertz CT molecular complexity index is 1490. The zero-order chi connectivity index (χ0) is 23.5. The van der Waals surface area contributed by atoms with Crippen molar-refractivity contribution in [1.29, 1.82) is 0 Å². The van der Waals surface area contributed by atoms with Crippen LogP contribution in [0.2, 0.25) is 0 Å². The van der Waals surface area contributed by atoms with Gasteiger partial charge in [0.25, 0.3) is 0 Å². The van der Waals surface area contributed by atoms with E-state index in [2.05, 4.69) is 63.9 Å². The Morgan fingerprint density at radius 2 is 1.74 bits per heavy atom. The molecular formula is C27H25N5OS. The Balaban J connectivity index is 1.34. The summed E-state index contributed by atoms with van der Waals surface area (Å²) in [4.78, 5) is 12.8. The van der Waals surface area contributed by atoms with Gasteiger partial charge in [0, 0.05) is 46.1 Å². The van der Waals surface area contributed by atoms with Crippen LogP contribution >= 0.6 is 11.8 Å². The molecule has 1 amide bonds. The van der Waals surface area contributed by atoms with Crippen molar-refractivity contribution in [2.24, 2.45) is 0 Å². The van der Waals surface area contributed by atoms with E-state index in [0.29, 0.717) is 11.7 Å². The number of thioether (sulfide) groups is 1. The maximum atomic E-state index is 12.8. The molecule has 2 heterocycles. The molecule has 0 aliphatic heterocycles. The van der Waals surface area contributed by atoms with Crippen molar-refractivity contribution < 1.29 is 4.79 Å². The van der Waals surface area contributed by atoms with Crippen molar-refractivity contribution in [3.63, 3.8) is 0 Å². The minimum atomic E-state index is -0.0852. The average molecular weight is 468 g/mol. The number of para-hydroxylation sites is 1. The first kappa shape index (κ1) is 22.0. The van der Waals surface area contributed by atoms with Gasteiger partial charge in [-0.1, -0.05) is 66.4 Å². The van der Waals surface area contributed by atoms with Crippen molar-refractivity contribution in [2.45, 2.75) is 25.2 Å². The smallest absolute Gasteiger partial charge is 0.234 e. The van der Waals surface area contributed by atoms with Gasteiger partial charge in [0.05, 0.1) is 5.75 Å². The topological polar surface area (TPSA) is 64.7 Å². The summed E-state index contributed by atoms with van der Waals surface area (Å²) in [6, 6.07) is 24.4. The van der Waals surface area contributed by atoms with Gasteiger partial charge in [-0.3, -0.25) is 9.36 Å². The summed E-state index contributed by atoms with van der Waals surface area (Å²) in [6.45, 7) is 7.46. The summed E-state index contributed by atoms with van der Waals surface area (Å²) in [5.74, 6) is 0.915. The maximum absolute atomic E-state index is 12.8. The van der Waals surface area contributed by atoms with E-state index in [9.17, 15) is 4.79 Å². The first-order chi connectivity index (χ1) is 16.7. The first-order valence-electron chi connectivity index (χ1n) is 11.2. The first-order valence-corrected chi connectivity index (χ1v) is 12.2. The highest BCUT2D eigenvalue weighted by Crippen LogP contribution is 2.31. The molecule has 0 spiro atoms. The number of aromatic nitrogens is 4. The number of anilines is 1. The van der Waals surface area contributed by atoms with Crippen LogP contribution in [0.3, 0.4) is 0 Å². The molecule has 0 aliphatic carbocycles. The van der Waals surface area contributed by atoms with Gasteiger partial charge in [-0.15, -0.1) is 16.8 Å². The van der Waals surface area contributed by atoms with E-state index in [1.165, 1.54) is 28.2 Å². The fraction of sp³-hybridized carbons (Fsp3) is 0.148. The molecule has 7 heteroatoms. The average Bonchev–Trinajstić information content (AvgIpc) is 3.42. The van der Waals surface area contributed by atoms with Gasteiger partial charge in [-0.25, -0.2) is 0 Å². The number of nitrogens with zero attached hydrogens (tertiary/aromatic N) is 4. The van der Waals surface area contributed by atoms with Crippen LogP contribution in [0.4, 0.5) is 5.69 Å². The number of aryl methyl sites for hydroxylation is 1. The molecule has 5 aromatic rings. The summed E-state index contributed by atoms with van der Waals surface area (Å²) < 4.78 is 4.27. The molecule has 5 rings (SSSR count). The Kier molecular flexibility index (Phi) is 6.18. The fourth-order valence-electron chi connectivity index (χ4n) is 4.29. The van der Waals surface area contributed by atoms with E-state index in [1.807, 2.05) is 53.1 Å². The molecule has 170 valence electrons. The standard InChI is InChI=1S/C27H25N5OS/c1-3-16-32-26(19-10-6-5-7-11-19)29-30-27(32)34-18-25(33)28-20-14-15-24-22(17-20)21-12-8-9-13-23(21)31(24)4-2/h3,5-15,17H,1,4,16,18H2,2H3,(H,28,33). The number of hydrogen-bond donors (Lipinski definition) is 1. The summed E-state index contributed by atoms with van der Waals surface area (Å²) in [7, 11) is 0. The second-order valence-corrected chi connectivity index (χ2v) is 8.84. The van der Waals surface area contributed by atoms with Crippen molar-refractivity contribution in [3.05, 3.63) is 85.5 Å². The zero-order valence-electron chi connectivity index (χ0n) is 18.9. The summed E-state index contributed by atoms with van der Waals surface area (Å²) in [6.07, 6.45) is 1.81. The molecule has 0 aliphatic rings. The van der Waals surface area contributed by atoms with Gasteiger partial charge >= 0.3 is 0 Å². The SMILES string of the molecule is C=CCn1c(SCC(=O)Nc2ccc3c(c2)c2ccccc2n3CC)nnc1-c1ccccc1. The van der Waals surface area contributed by atoms with Crippen LogP contribution in [-0.2, 0) is 17.9 Å². The molecule has 34 heavy (non-hydrogen) atoms. The van der Waals surface area contributed by atoms with Crippen LogP contribution in [-0.4, -0.2) is 31.0 Å². The lowest BCUT2D eigenvalue weighted by Crippen LogP contribution is -2.14. The lowest BCUT2D eigenvalue weighted by atomic mass is 10.1. The Labute approximate surface area is 202 Å². The summed E-state index contributed by atoms with van der Waals surface area (Å²) in [5.41, 5.74) is 4.14. The van der Waals surface area contributed by atoms with E-state index in [1.54, 1.807) is 0 Å². The third-order valence-electron chi connectivity index (χ3n) is 5.77. The Morgan fingerprint density at radius 3 is 2.53 bits per heavy atom. The largest absolute Gasteiger partial charge is 0.341 e. The Hall–Kier alpha value is -3.84. The number of amides is 1. The number of nitrogens with one attached hydrogen (secondary N) is 1. The van der Waals surface area contributed by atoms with E-state index < -0.39 is 0 Å². The Morgan fingerprint density at radius 1 is 0.971 bits per heavy atom. The minimum Gasteiger partial charge on any atom is -0.341 e. The highest BCUT2D eigenvalue weighted by Gasteiger charge is 2.15. The highest BCUT2D eigenvalue weighted by atomic mass is 32.2. The van der Waals surface area contributed by atoms with Gasteiger partial charge in [0.1, 0.15) is 0 Å². The number of rotatable bonds is 8. The van der Waals surface area contributed by atoms with Crippen molar-refractivity contribution in [2.75, 3.05) is 11.1 Å². The molecule has 0 saturated heterocycles. The van der Waals surface area contributed by atoms with Crippen LogP contribution in [0.15, 0.2) is 90.6 Å². The second kappa shape index (κ2) is 9.57. The van der Waals surface area contributed by atoms with Gasteiger partial charge in [-0.05, 0) is 31.2 Å². The lowest BCUT2D eigenvalue weighted by Gasteiger charge is -2.09. The maximum Gasteiger partial charge on any atom is 0.234 e. The van der Waals surface area contributed by atoms with Crippen LogP contribution in [0.25, 0.3) is 33.2 Å². The van der Waals surface area contributed by atoms with Gasteiger partial charge in [0.2, 0.25) is 5.91 Å². The predicted molar refractivity (Wildman–Crippen MR) is 140 cm³/mol. The normalized spacial score (nSPS) is 11.2. The van der Waals surface area contributed by atoms with E-state index in [-0.39, 0.29) is 11.7 Å². The van der Waals surface area contributed by atoms with Crippen molar-refractivity contribution in [3.8, 4) is 11.4 Å². The quantitative estimate of drug-likeness (QED) is 0.225. The van der Waals surface area contributed by atoms with E-state index >= 15 is 0 Å². The summed E-state index contributed by atoms with van der Waals surface area (Å²) >= 11 is 1.37. The number of carbonyl (C=O) groups excluding carboxylic acids is 1. The van der Waals surface area contributed by atoms with Crippen LogP contribution in [0.5, 0.6) is 0 Å². The molecule has 3 aromatic carbocycles. The number of benzene rings is 3. The van der Waals surface area contributed by atoms with Crippen molar-refractivity contribution in [1.82, 2.24) is 19.3 Å². The lowest BCUT2D eigenvalue weighted by molar-refractivity contribution is -0.113. The molecule has 0 fully saturated rings. The third-order valence-corrected chi connectivity index (χ3v) is 6.73. The number of allylic oxidation sites excluding steroid dienone is 1. The van der Waals surface area contributed by atoms with E-state index in [0.717, 1.165) is 29.0 Å². The molecule has 1 N–H and O–H groups in total. The summed E-state index contributed by atoms with van der Waals surface area (Å²) in [5, 5.41) is 14.7. The minimum absolute atomic E-state index is 0.0852. The molecule has 6 nitrogen and oxygen atoms in total. The van der Waals surface area contributed by atoms with Crippen LogP contribution in [0.1, 0.15) is 6.92 Å². The second-order valence-electron chi connectivity index (χ2n) is 7.90. The van der Waals surface area contributed by atoms with Crippen molar-refractivity contribution >= 4 is 45.2 Å². The molecule has 0 atom stereocenters. The number of carbonyl (C=O) groups is 1. The molecule has 0 bridgehead atoms. The molecule has 0 saturated carbocycles. The number of fused-ring (bicyclic) bond motifs is 3. The van der Waals surface area contributed by atoms with Gasteiger partial charge in [-0.2, -0.15) is 0 Å². The molecule has 0 unspecified atom stereocenters. The van der Waals surface area contributed by atoms with E-state index in [4.69, 9.17) is 0 Å². The van der Waals surface area contributed by atoms with Gasteiger partial charge in [0.15, 0.2) is 11.0 Å². The van der Waals surface area contributed by atoms with Gasteiger partial charge < -0.3 is 9.88 Å². The van der Waals surface area contributed by atoms with Crippen LogP contribution < -0.4 is 5.32 Å². The molecule has 2 aromatic heterocycles. The number of hydrogen-bond acceptors (Lipinski definition) is 4.